The molecule has 2 aliphatic rings. The fourth-order valence-corrected chi connectivity index (χ4v) is 2.70. The van der Waals surface area contributed by atoms with E-state index in [0.717, 1.165) is 18.8 Å². The number of amidine groups is 1. The normalized spacial score (nSPS) is 26.3. The summed E-state index contributed by atoms with van der Waals surface area (Å²) >= 11 is 0. The highest BCUT2D eigenvalue weighted by molar-refractivity contribution is 5.84. The van der Waals surface area contributed by atoms with Crippen molar-refractivity contribution in [2.45, 2.75) is 65.6 Å². The summed E-state index contributed by atoms with van der Waals surface area (Å²) in [6.07, 6.45) is 0.505. The lowest BCUT2D eigenvalue weighted by molar-refractivity contribution is 0.0507. The first-order chi connectivity index (χ1) is 9.17. The maximum Gasteiger partial charge on any atom is 0.407 e. The summed E-state index contributed by atoms with van der Waals surface area (Å²) < 4.78 is 5.31. The summed E-state index contributed by atoms with van der Waals surface area (Å²) in [5.74, 6) is 1.03. The van der Waals surface area contributed by atoms with Gasteiger partial charge >= 0.3 is 6.09 Å². The molecular weight excluding hydrogens is 254 g/mol. The summed E-state index contributed by atoms with van der Waals surface area (Å²) in [6.45, 7) is 12.6. The SMILES string of the molecule is CC1=N[C@@H](C)C(C)=C2C[C@@H](NC(=O)OC(C)(C)C)CN12. The second-order valence-corrected chi connectivity index (χ2v) is 6.64. The van der Waals surface area contributed by atoms with Crippen molar-refractivity contribution in [1.29, 1.82) is 0 Å². The molecule has 5 nitrogen and oxygen atoms in total. The lowest BCUT2D eigenvalue weighted by Gasteiger charge is -2.28. The number of aliphatic imine (C=N–C) groups is 1. The lowest BCUT2D eigenvalue weighted by atomic mass is 10.0. The molecule has 0 saturated carbocycles. The Morgan fingerprint density at radius 2 is 2.05 bits per heavy atom. The number of carbonyl (C=O) groups excluding carboxylic acids is 1. The molecule has 112 valence electrons. The van der Waals surface area contributed by atoms with E-state index >= 15 is 0 Å². The molecule has 20 heavy (non-hydrogen) atoms. The molecule has 2 rings (SSSR count). The molecule has 1 saturated heterocycles. The standard InChI is InChI=1S/C15H25N3O2/c1-9-10(2)16-11(3)18-8-12(7-13(9)18)17-14(19)20-15(4,5)6/h10,12H,7-8H2,1-6H3,(H,17,19)/t10-,12+/m0/s1. The van der Waals surface area contributed by atoms with Crippen LogP contribution in [0.5, 0.6) is 0 Å². The van der Waals surface area contributed by atoms with E-state index in [0.29, 0.717) is 0 Å². The molecule has 0 spiro atoms. The van der Waals surface area contributed by atoms with Gasteiger partial charge in [0.1, 0.15) is 11.4 Å². The highest BCUT2D eigenvalue weighted by Gasteiger charge is 2.34. The molecule has 1 amide bonds. The molecule has 1 fully saturated rings. The van der Waals surface area contributed by atoms with Crippen molar-refractivity contribution in [2.24, 2.45) is 4.99 Å². The van der Waals surface area contributed by atoms with Crippen molar-refractivity contribution in [3.05, 3.63) is 11.3 Å². The van der Waals surface area contributed by atoms with E-state index < -0.39 is 5.60 Å². The van der Waals surface area contributed by atoms with Crippen molar-refractivity contribution in [2.75, 3.05) is 6.54 Å². The predicted octanol–water partition coefficient (Wildman–Crippen LogP) is 2.68. The Bertz CT molecular complexity index is 474. The van der Waals surface area contributed by atoms with Crippen molar-refractivity contribution in [1.82, 2.24) is 10.2 Å². The maximum absolute atomic E-state index is 11.8. The number of hydrogen-bond donors (Lipinski definition) is 1. The zero-order valence-electron chi connectivity index (χ0n) is 13.3. The third-order valence-corrected chi connectivity index (χ3v) is 3.74. The monoisotopic (exact) mass is 279 g/mol. The molecule has 0 bridgehead atoms. The van der Waals surface area contributed by atoms with Crippen LogP contribution in [0.3, 0.4) is 0 Å². The van der Waals surface area contributed by atoms with E-state index in [-0.39, 0.29) is 18.2 Å². The summed E-state index contributed by atoms with van der Waals surface area (Å²) in [5.41, 5.74) is 2.13. The minimum Gasteiger partial charge on any atom is -0.444 e. The highest BCUT2D eigenvalue weighted by Crippen LogP contribution is 2.31. The molecule has 0 aromatic heterocycles. The van der Waals surface area contributed by atoms with Gasteiger partial charge in [-0.2, -0.15) is 0 Å². The third kappa shape index (κ3) is 3.14. The number of rotatable bonds is 1. The molecule has 0 unspecified atom stereocenters. The van der Waals surface area contributed by atoms with Crippen LogP contribution in [0.15, 0.2) is 16.3 Å². The Hall–Kier alpha value is -1.52. The smallest absolute Gasteiger partial charge is 0.407 e. The fourth-order valence-electron chi connectivity index (χ4n) is 2.70. The van der Waals surface area contributed by atoms with E-state index in [1.807, 2.05) is 27.7 Å². The topological polar surface area (TPSA) is 53.9 Å². The summed E-state index contributed by atoms with van der Waals surface area (Å²) in [7, 11) is 0. The van der Waals surface area contributed by atoms with E-state index in [2.05, 4.69) is 29.1 Å². The summed E-state index contributed by atoms with van der Waals surface area (Å²) in [4.78, 5) is 18.7. The quantitative estimate of drug-likeness (QED) is 0.803. The van der Waals surface area contributed by atoms with Crippen LogP contribution in [0.4, 0.5) is 4.79 Å². The predicted molar refractivity (Wildman–Crippen MR) is 79.8 cm³/mol. The number of hydrogen-bond acceptors (Lipinski definition) is 4. The average Bonchev–Trinajstić information content (AvgIpc) is 2.67. The highest BCUT2D eigenvalue weighted by atomic mass is 16.6. The van der Waals surface area contributed by atoms with Crippen LogP contribution in [0.2, 0.25) is 0 Å². The third-order valence-electron chi connectivity index (χ3n) is 3.74. The fraction of sp³-hybridized carbons (Fsp3) is 0.733. The van der Waals surface area contributed by atoms with E-state index in [1.165, 1.54) is 11.3 Å². The van der Waals surface area contributed by atoms with Gasteiger partial charge in [-0.25, -0.2) is 4.79 Å². The van der Waals surface area contributed by atoms with Crippen molar-refractivity contribution >= 4 is 11.9 Å². The van der Waals surface area contributed by atoms with Crippen LogP contribution in [0, 0.1) is 0 Å². The van der Waals surface area contributed by atoms with Crippen molar-refractivity contribution in [3.8, 4) is 0 Å². The minimum absolute atomic E-state index is 0.0882. The van der Waals surface area contributed by atoms with Gasteiger partial charge in [0.05, 0.1) is 12.1 Å². The Kier molecular flexibility index (Phi) is 3.80. The van der Waals surface area contributed by atoms with Crippen LogP contribution in [-0.4, -0.2) is 41.1 Å². The van der Waals surface area contributed by atoms with Crippen LogP contribution >= 0.6 is 0 Å². The lowest BCUT2D eigenvalue weighted by Crippen LogP contribution is -2.41. The minimum atomic E-state index is -0.462. The number of alkyl carbamates (subject to hydrolysis) is 1. The van der Waals surface area contributed by atoms with Gasteiger partial charge in [0.25, 0.3) is 0 Å². The van der Waals surface area contributed by atoms with Gasteiger partial charge in [-0.1, -0.05) is 0 Å². The second-order valence-electron chi connectivity index (χ2n) is 6.64. The van der Waals surface area contributed by atoms with Gasteiger partial charge in [-0.15, -0.1) is 0 Å². The van der Waals surface area contributed by atoms with Crippen LogP contribution < -0.4 is 5.32 Å². The molecule has 2 heterocycles. The molecule has 2 aliphatic heterocycles. The first-order valence-electron chi connectivity index (χ1n) is 7.18. The van der Waals surface area contributed by atoms with Crippen molar-refractivity contribution < 1.29 is 9.53 Å². The number of fused-ring (bicyclic) bond motifs is 1. The van der Waals surface area contributed by atoms with Gasteiger partial charge in [-0.05, 0) is 47.1 Å². The van der Waals surface area contributed by atoms with E-state index in [1.54, 1.807) is 0 Å². The van der Waals surface area contributed by atoms with Gasteiger partial charge in [0.15, 0.2) is 0 Å². The van der Waals surface area contributed by atoms with Crippen LogP contribution in [0.25, 0.3) is 0 Å². The van der Waals surface area contributed by atoms with Gasteiger partial charge in [-0.3, -0.25) is 4.99 Å². The molecule has 0 aliphatic carbocycles. The Labute approximate surface area is 121 Å². The zero-order chi connectivity index (χ0) is 15.1. The number of carbonyl (C=O) groups is 1. The first kappa shape index (κ1) is 14.9. The van der Waals surface area contributed by atoms with E-state index in [4.69, 9.17) is 4.74 Å². The molecule has 1 N–H and O–H groups in total. The Balaban J connectivity index is 2.02. The van der Waals surface area contributed by atoms with Crippen molar-refractivity contribution in [3.63, 3.8) is 0 Å². The van der Waals surface area contributed by atoms with Gasteiger partial charge < -0.3 is 15.0 Å². The van der Waals surface area contributed by atoms with Crippen LogP contribution in [0.1, 0.15) is 48.0 Å². The maximum atomic E-state index is 11.8. The van der Waals surface area contributed by atoms with Crippen LogP contribution in [-0.2, 0) is 4.74 Å². The molecule has 0 aromatic rings. The van der Waals surface area contributed by atoms with Gasteiger partial charge in [0, 0.05) is 18.7 Å². The first-order valence-corrected chi connectivity index (χ1v) is 7.18. The second kappa shape index (κ2) is 5.11. The largest absolute Gasteiger partial charge is 0.444 e. The van der Waals surface area contributed by atoms with Gasteiger partial charge in [0.2, 0.25) is 0 Å². The zero-order valence-corrected chi connectivity index (χ0v) is 13.3. The molecule has 5 heteroatoms. The Morgan fingerprint density at radius 3 is 2.65 bits per heavy atom. The average molecular weight is 279 g/mol. The number of amides is 1. The summed E-state index contributed by atoms with van der Waals surface area (Å²) in [6, 6.07) is 0.326. The molecular formula is C15H25N3O2. The number of nitrogens with one attached hydrogen (secondary N) is 1. The Morgan fingerprint density at radius 1 is 1.40 bits per heavy atom. The number of nitrogens with zero attached hydrogens (tertiary/aromatic N) is 2. The van der Waals surface area contributed by atoms with E-state index in [9.17, 15) is 4.79 Å². The number of ether oxygens (including phenoxy) is 1. The molecule has 2 atom stereocenters. The molecule has 0 aromatic carbocycles. The molecule has 0 radical (unpaired) electrons. The summed E-state index contributed by atoms with van der Waals surface area (Å²) in [5, 5.41) is 2.96.